The van der Waals surface area contributed by atoms with Crippen LogP contribution in [-0.2, 0) is 23.9 Å². The Morgan fingerprint density at radius 1 is 1.33 bits per heavy atom. The Labute approximate surface area is 223 Å². The van der Waals surface area contributed by atoms with E-state index in [2.05, 4.69) is 29.1 Å². The molecule has 9 heteroatoms. The van der Waals surface area contributed by atoms with E-state index in [1.54, 1.807) is 17.1 Å². The summed E-state index contributed by atoms with van der Waals surface area (Å²) in [6, 6.07) is -1.57. The van der Waals surface area contributed by atoms with Gasteiger partial charge in [0.2, 0.25) is 11.8 Å². The number of carbonyl (C=O) groups excluding carboxylic acids is 3. The number of fused-ring (bicyclic) bond motifs is 1. The van der Waals surface area contributed by atoms with Crippen molar-refractivity contribution in [3.05, 3.63) is 25.3 Å². The van der Waals surface area contributed by atoms with Crippen molar-refractivity contribution >= 4 is 33.7 Å². The molecule has 3 aliphatic rings. The van der Waals surface area contributed by atoms with Crippen LogP contribution < -0.4 is 0 Å². The second kappa shape index (κ2) is 11.0. The lowest BCUT2D eigenvalue weighted by Crippen LogP contribution is -2.62. The van der Waals surface area contributed by atoms with Gasteiger partial charge in [0.1, 0.15) is 11.6 Å². The van der Waals surface area contributed by atoms with Crippen LogP contribution in [0.2, 0.25) is 0 Å². The molecule has 0 saturated carbocycles. The number of unbranched alkanes of at least 4 members (excludes halogenated alkanes) is 1. The lowest BCUT2D eigenvalue weighted by atomic mass is 9.70. The minimum absolute atomic E-state index is 0.117. The summed E-state index contributed by atoms with van der Waals surface area (Å²) >= 11 is 3.67. The van der Waals surface area contributed by atoms with Crippen LogP contribution in [-0.4, -0.2) is 86.6 Å². The molecule has 1 spiro atoms. The SMILES string of the molecule is C=CCCCOC(=O)[C@H]1[C@H]2C(=O)N([C@@H](CO)C(C)C)C(C(=O)N(CC=C)C(C)(C)C)C23CC(Br)[C@@H]1O3. The number of carbonyl (C=O) groups is 3. The quantitative estimate of drug-likeness (QED) is 0.178. The number of nitrogens with zero attached hydrogens (tertiary/aromatic N) is 2. The van der Waals surface area contributed by atoms with Gasteiger partial charge < -0.3 is 24.4 Å². The molecule has 3 aliphatic heterocycles. The molecule has 36 heavy (non-hydrogen) atoms. The van der Waals surface area contributed by atoms with Gasteiger partial charge in [0.05, 0.1) is 37.2 Å². The van der Waals surface area contributed by atoms with Crippen LogP contribution in [0.1, 0.15) is 53.9 Å². The first-order valence-electron chi connectivity index (χ1n) is 12.8. The molecule has 3 unspecified atom stereocenters. The van der Waals surface area contributed by atoms with E-state index in [1.807, 2.05) is 34.6 Å². The number of hydrogen-bond acceptors (Lipinski definition) is 6. The number of allylic oxidation sites excluding steroid dienone is 1. The van der Waals surface area contributed by atoms with Gasteiger partial charge in [-0.05, 0) is 46.0 Å². The predicted molar refractivity (Wildman–Crippen MR) is 140 cm³/mol. The number of aliphatic hydroxyl groups excluding tert-OH is 1. The lowest BCUT2D eigenvalue weighted by molar-refractivity contribution is -0.158. The summed E-state index contributed by atoms with van der Waals surface area (Å²) in [5.41, 5.74) is -1.74. The maximum Gasteiger partial charge on any atom is 0.312 e. The Morgan fingerprint density at radius 2 is 2.00 bits per heavy atom. The number of amides is 2. The highest BCUT2D eigenvalue weighted by atomic mass is 79.9. The Morgan fingerprint density at radius 3 is 2.53 bits per heavy atom. The van der Waals surface area contributed by atoms with E-state index in [4.69, 9.17) is 9.47 Å². The van der Waals surface area contributed by atoms with Gasteiger partial charge in [-0.25, -0.2) is 0 Å². The summed E-state index contributed by atoms with van der Waals surface area (Å²) in [6.07, 6.45) is 4.62. The molecule has 2 amide bonds. The van der Waals surface area contributed by atoms with Crippen LogP contribution in [0, 0.1) is 17.8 Å². The van der Waals surface area contributed by atoms with Crippen molar-refractivity contribution in [2.45, 2.75) is 88.0 Å². The highest BCUT2D eigenvalue weighted by Crippen LogP contribution is 2.61. The number of halogens is 1. The molecule has 0 aromatic rings. The second-order valence-electron chi connectivity index (χ2n) is 11.4. The van der Waals surface area contributed by atoms with Crippen molar-refractivity contribution in [3.8, 4) is 0 Å². The molecular formula is C27H41BrN2O6. The normalized spacial score (nSPS) is 31.9. The highest BCUT2D eigenvalue weighted by molar-refractivity contribution is 9.09. The van der Waals surface area contributed by atoms with Gasteiger partial charge in [0.25, 0.3) is 0 Å². The third-order valence-electron chi connectivity index (χ3n) is 7.73. The molecule has 0 aromatic carbocycles. The van der Waals surface area contributed by atoms with Crippen molar-refractivity contribution < 1.29 is 29.0 Å². The van der Waals surface area contributed by atoms with Gasteiger partial charge in [-0.3, -0.25) is 14.4 Å². The Kier molecular flexibility index (Phi) is 8.78. The maximum absolute atomic E-state index is 14.3. The molecule has 0 aliphatic carbocycles. The Bertz CT molecular complexity index is 886. The molecule has 8 nitrogen and oxygen atoms in total. The zero-order chi connectivity index (χ0) is 27.0. The first-order valence-corrected chi connectivity index (χ1v) is 13.7. The van der Waals surface area contributed by atoms with Gasteiger partial charge in [-0.1, -0.05) is 41.9 Å². The molecule has 1 N–H and O–H groups in total. The fraction of sp³-hybridized carbons (Fsp3) is 0.741. The number of hydrogen-bond donors (Lipinski definition) is 1. The van der Waals surface area contributed by atoms with Crippen LogP contribution >= 0.6 is 15.9 Å². The third-order valence-corrected chi connectivity index (χ3v) is 8.58. The largest absolute Gasteiger partial charge is 0.465 e. The van der Waals surface area contributed by atoms with Gasteiger partial charge in [0.15, 0.2) is 0 Å². The first kappa shape index (κ1) is 28.9. The molecule has 3 rings (SSSR count). The van der Waals surface area contributed by atoms with Gasteiger partial charge in [-0.15, -0.1) is 13.2 Å². The number of aliphatic hydroxyl groups is 1. The second-order valence-corrected chi connectivity index (χ2v) is 12.6. The first-order chi connectivity index (χ1) is 16.9. The van der Waals surface area contributed by atoms with E-state index in [9.17, 15) is 19.5 Å². The van der Waals surface area contributed by atoms with E-state index in [0.717, 1.165) is 0 Å². The van der Waals surface area contributed by atoms with E-state index in [-0.39, 0.29) is 35.8 Å². The lowest BCUT2D eigenvalue weighted by Gasteiger charge is -2.44. The topological polar surface area (TPSA) is 96.4 Å². The van der Waals surface area contributed by atoms with Crippen LogP contribution in [0.25, 0.3) is 0 Å². The molecule has 3 fully saturated rings. The van der Waals surface area contributed by atoms with Crippen molar-refractivity contribution in [1.29, 1.82) is 0 Å². The van der Waals surface area contributed by atoms with Gasteiger partial charge in [-0.2, -0.15) is 0 Å². The number of likely N-dealkylation sites (tertiary alicyclic amines) is 1. The summed E-state index contributed by atoms with van der Waals surface area (Å²) < 4.78 is 12.1. The summed E-state index contributed by atoms with van der Waals surface area (Å²) in [5, 5.41) is 10.3. The average Bonchev–Trinajstić information content (AvgIpc) is 3.38. The third kappa shape index (κ3) is 4.78. The standard InChI is InChI=1S/C27H41BrN2O6/c1-8-10-11-13-35-25(34)19-20-23(32)30(18(15-31)16(3)4)22(27(20)14-17(28)21(19)36-27)24(33)29(12-9-2)26(5,6)7/h8-9,16-22,31H,1-2,10-15H2,3-7H3/t17?,18-,19-,20-,21-,22?,27?/m0/s1. The minimum Gasteiger partial charge on any atom is -0.465 e. The zero-order valence-corrected chi connectivity index (χ0v) is 23.7. The minimum atomic E-state index is -1.19. The van der Waals surface area contributed by atoms with Crippen molar-refractivity contribution in [2.75, 3.05) is 19.8 Å². The Hall–Kier alpha value is -1.71. The predicted octanol–water partition coefficient (Wildman–Crippen LogP) is 3.07. The van der Waals surface area contributed by atoms with Crippen LogP contribution in [0.5, 0.6) is 0 Å². The Balaban J connectivity index is 2.09. The van der Waals surface area contributed by atoms with Crippen LogP contribution in [0.3, 0.4) is 0 Å². The molecular weight excluding hydrogens is 528 g/mol. The monoisotopic (exact) mass is 568 g/mol. The van der Waals surface area contributed by atoms with Crippen molar-refractivity contribution in [1.82, 2.24) is 9.80 Å². The van der Waals surface area contributed by atoms with Gasteiger partial charge in [0, 0.05) is 16.9 Å². The van der Waals surface area contributed by atoms with Gasteiger partial charge >= 0.3 is 5.97 Å². The molecule has 202 valence electrons. The molecule has 2 bridgehead atoms. The fourth-order valence-corrected chi connectivity index (χ4v) is 7.00. The number of alkyl halides is 1. The van der Waals surface area contributed by atoms with E-state index >= 15 is 0 Å². The molecule has 0 radical (unpaired) electrons. The number of rotatable bonds is 11. The number of esters is 1. The van der Waals surface area contributed by atoms with Crippen molar-refractivity contribution in [2.24, 2.45) is 17.8 Å². The summed E-state index contributed by atoms with van der Waals surface area (Å²) in [7, 11) is 0. The number of ether oxygens (including phenoxy) is 2. The smallest absolute Gasteiger partial charge is 0.312 e. The molecule has 3 heterocycles. The molecule has 7 atom stereocenters. The van der Waals surface area contributed by atoms with Crippen LogP contribution in [0.4, 0.5) is 0 Å². The highest BCUT2D eigenvalue weighted by Gasteiger charge is 2.77. The zero-order valence-electron chi connectivity index (χ0n) is 22.1. The summed E-state index contributed by atoms with van der Waals surface area (Å²) in [5.74, 6) is -2.87. The maximum atomic E-state index is 14.3. The van der Waals surface area contributed by atoms with E-state index in [1.165, 1.54) is 4.90 Å². The van der Waals surface area contributed by atoms with E-state index < -0.39 is 47.1 Å². The van der Waals surface area contributed by atoms with Crippen molar-refractivity contribution in [3.63, 3.8) is 0 Å². The van der Waals surface area contributed by atoms with E-state index in [0.29, 0.717) is 25.8 Å². The summed E-state index contributed by atoms with van der Waals surface area (Å²) in [4.78, 5) is 44.7. The average molecular weight is 570 g/mol. The summed E-state index contributed by atoms with van der Waals surface area (Å²) in [6.45, 7) is 17.3. The molecule has 3 saturated heterocycles. The fourth-order valence-electron chi connectivity index (χ4n) is 6.06. The van der Waals surface area contributed by atoms with Crippen LogP contribution in [0.15, 0.2) is 25.3 Å². The molecule has 0 aromatic heterocycles.